The Labute approximate surface area is 115 Å². The van der Waals surface area contributed by atoms with Crippen LogP contribution in [0.3, 0.4) is 0 Å². The maximum Gasteiger partial charge on any atom is 0.348 e. The predicted molar refractivity (Wildman–Crippen MR) is 65.7 cm³/mol. The number of amides is 2. The first-order chi connectivity index (χ1) is 9.40. The van der Waals surface area contributed by atoms with Gasteiger partial charge in [-0.15, -0.1) is 5.06 Å². The molecule has 0 radical (unpaired) electrons. The van der Waals surface area contributed by atoms with E-state index in [1.165, 1.54) is 24.3 Å². The van der Waals surface area contributed by atoms with E-state index in [0.717, 1.165) is 0 Å². The highest BCUT2D eigenvalue weighted by atomic mass is 32.2. The zero-order valence-electron chi connectivity index (χ0n) is 10.3. The lowest BCUT2D eigenvalue weighted by atomic mass is 10.4. The lowest BCUT2D eigenvalue weighted by Gasteiger charge is -2.12. The zero-order chi connectivity index (χ0) is 14.8. The lowest BCUT2D eigenvalue weighted by molar-refractivity contribution is -0.195. The fourth-order valence-corrected chi connectivity index (χ4v) is 2.75. The largest absolute Gasteiger partial charge is 0.348 e. The number of benzene rings is 1. The van der Waals surface area contributed by atoms with E-state index in [1.54, 1.807) is 6.07 Å². The molecule has 1 aromatic rings. The summed E-state index contributed by atoms with van der Waals surface area (Å²) in [6.45, 7) is 0. The topological polar surface area (TPSA) is 97.8 Å². The van der Waals surface area contributed by atoms with Crippen LogP contribution in [0, 0.1) is 0 Å². The Balaban J connectivity index is 2.05. The van der Waals surface area contributed by atoms with Crippen molar-refractivity contribution < 1.29 is 27.6 Å². The van der Waals surface area contributed by atoms with Crippen molar-refractivity contribution in [1.29, 1.82) is 0 Å². The molecule has 0 aliphatic carbocycles. The summed E-state index contributed by atoms with van der Waals surface area (Å²) >= 11 is 0. The molecule has 106 valence electrons. The molecule has 7 nitrogen and oxygen atoms in total. The van der Waals surface area contributed by atoms with Gasteiger partial charge in [-0.25, -0.2) is 13.2 Å². The summed E-state index contributed by atoms with van der Waals surface area (Å²) in [6.07, 6.45) is -0.0882. The molecule has 0 N–H and O–H groups in total. The molecule has 0 spiro atoms. The molecule has 1 aromatic carbocycles. The highest BCUT2D eigenvalue weighted by Gasteiger charge is 2.34. The molecule has 1 aliphatic rings. The van der Waals surface area contributed by atoms with Crippen LogP contribution in [0.4, 0.5) is 0 Å². The van der Waals surface area contributed by atoms with Crippen LogP contribution in [0.2, 0.25) is 0 Å². The van der Waals surface area contributed by atoms with Gasteiger partial charge < -0.3 is 4.84 Å². The van der Waals surface area contributed by atoms with Crippen molar-refractivity contribution in [2.75, 3.05) is 5.75 Å². The molecule has 2 rings (SSSR count). The van der Waals surface area contributed by atoms with Crippen LogP contribution in [0.25, 0.3) is 0 Å². The van der Waals surface area contributed by atoms with E-state index in [1.807, 2.05) is 0 Å². The summed E-state index contributed by atoms with van der Waals surface area (Å²) in [4.78, 5) is 38.5. The van der Waals surface area contributed by atoms with Gasteiger partial charge in [-0.2, -0.15) is 0 Å². The molecule has 0 atom stereocenters. The smallest absolute Gasteiger partial charge is 0.329 e. The van der Waals surface area contributed by atoms with E-state index in [2.05, 4.69) is 4.84 Å². The Bertz CT molecular complexity index is 636. The van der Waals surface area contributed by atoms with Gasteiger partial charge in [0, 0.05) is 12.8 Å². The molecule has 0 aromatic heterocycles. The van der Waals surface area contributed by atoms with E-state index in [-0.39, 0.29) is 17.7 Å². The summed E-state index contributed by atoms with van der Waals surface area (Å²) in [5.41, 5.74) is 0. The summed E-state index contributed by atoms with van der Waals surface area (Å²) in [6, 6.07) is 7.36. The van der Waals surface area contributed by atoms with E-state index in [4.69, 9.17) is 0 Å². The maximum absolute atomic E-state index is 11.9. The van der Waals surface area contributed by atoms with Crippen molar-refractivity contribution in [2.45, 2.75) is 17.7 Å². The molecule has 1 heterocycles. The molecule has 8 heteroatoms. The fourth-order valence-electron chi connectivity index (χ4n) is 1.65. The standard InChI is InChI=1S/C12H11NO6S/c14-10-6-7-11(15)13(10)19-12(16)8-20(17,18)9-4-2-1-3-5-9/h1-5H,6-8H2. The van der Waals surface area contributed by atoms with Gasteiger partial charge in [-0.1, -0.05) is 18.2 Å². The second-order valence-electron chi connectivity index (χ2n) is 4.12. The van der Waals surface area contributed by atoms with Gasteiger partial charge in [0.1, 0.15) is 0 Å². The van der Waals surface area contributed by atoms with Gasteiger partial charge in [0.2, 0.25) is 0 Å². The van der Waals surface area contributed by atoms with Crippen molar-refractivity contribution in [2.24, 2.45) is 0 Å². The van der Waals surface area contributed by atoms with E-state index < -0.39 is 33.4 Å². The molecule has 2 amide bonds. The van der Waals surface area contributed by atoms with E-state index >= 15 is 0 Å². The minimum absolute atomic E-state index is 0.0315. The number of rotatable bonds is 4. The third kappa shape index (κ3) is 3.02. The number of hydrogen-bond donors (Lipinski definition) is 0. The summed E-state index contributed by atoms with van der Waals surface area (Å²) < 4.78 is 23.8. The predicted octanol–water partition coefficient (Wildman–Crippen LogP) is 0.0675. The quantitative estimate of drug-likeness (QED) is 0.729. The summed E-state index contributed by atoms with van der Waals surface area (Å²) in [7, 11) is -3.86. The highest BCUT2D eigenvalue weighted by Crippen LogP contribution is 2.14. The highest BCUT2D eigenvalue weighted by molar-refractivity contribution is 7.92. The Morgan fingerprint density at radius 1 is 1.10 bits per heavy atom. The average Bonchev–Trinajstić information content (AvgIpc) is 2.71. The molecule has 0 bridgehead atoms. The molecule has 1 saturated heterocycles. The van der Waals surface area contributed by atoms with Crippen molar-refractivity contribution in [3.05, 3.63) is 30.3 Å². The number of hydrogen-bond acceptors (Lipinski definition) is 6. The lowest BCUT2D eigenvalue weighted by Crippen LogP contribution is -2.34. The third-order valence-electron chi connectivity index (χ3n) is 2.61. The van der Waals surface area contributed by atoms with Gasteiger partial charge >= 0.3 is 5.97 Å². The summed E-state index contributed by atoms with van der Waals surface area (Å²) in [5, 5.41) is 0.322. The molecule has 1 fully saturated rings. The first-order valence-electron chi connectivity index (χ1n) is 5.74. The third-order valence-corrected chi connectivity index (χ3v) is 4.22. The fraction of sp³-hybridized carbons (Fsp3) is 0.250. The molecule has 20 heavy (non-hydrogen) atoms. The minimum atomic E-state index is -3.86. The van der Waals surface area contributed by atoms with E-state index in [0.29, 0.717) is 5.06 Å². The second kappa shape index (κ2) is 5.41. The van der Waals surface area contributed by atoms with Crippen LogP contribution in [0.15, 0.2) is 35.2 Å². The van der Waals surface area contributed by atoms with Crippen LogP contribution >= 0.6 is 0 Å². The number of carbonyl (C=O) groups is 3. The molecule has 0 unspecified atom stereocenters. The maximum atomic E-state index is 11.9. The van der Waals surface area contributed by atoms with Gasteiger partial charge in [0.05, 0.1) is 4.90 Å². The molecular formula is C12H11NO6S. The molecule has 1 aliphatic heterocycles. The number of imide groups is 1. The normalized spacial score (nSPS) is 15.5. The molecular weight excluding hydrogens is 286 g/mol. The van der Waals surface area contributed by atoms with Crippen LogP contribution in [0.5, 0.6) is 0 Å². The SMILES string of the molecule is O=C(CS(=O)(=O)c1ccccc1)ON1C(=O)CCC1=O. The first kappa shape index (κ1) is 14.2. The zero-order valence-corrected chi connectivity index (χ0v) is 11.1. The van der Waals surface area contributed by atoms with Gasteiger partial charge in [-0.3, -0.25) is 9.59 Å². The average molecular weight is 297 g/mol. The number of nitrogens with zero attached hydrogens (tertiary/aromatic N) is 1. The Hall–Kier alpha value is -2.22. The summed E-state index contributed by atoms with van der Waals surface area (Å²) in [5.74, 6) is -3.41. The number of hydroxylamine groups is 2. The Kier molecular flexibility index (Phi) is 3.84. The number of carbonyl (C=O) groups excluding carboxylic acids is 3. The van der Waals surface area contributed by atoms with Gasteiger partial charge in [0.15, 0.2) is 15.6 Å². The Morgan fingerprint density at radius 2 is 1.65 bits per heavy atom. The van der Waals surface area contributed by atoms with Crippen LogP contribution in [0.1, 0.15) is 12.8 Å². The minimum Gasteiger partial charge on any atom is -0.329 e. The van der Waals surface area contributed by atoms with Crippen LogP contribution in [-0.4, -0.2) is 37.0 Å². The molecule has 0 saturated carbocycles. The monoisotopic (exact) mass is 297 g/mol. The number of sulfone groups is 1. The Morgan fingerprint density at radius 3 is 2.20 bits per heavy atom. The van der Waals surface area contributed by atoms with E-state index in [9.17, 15) is 22.8 Å². The van der Waals surface area contributed by atoms with Crippen molar-refractivity contribution in [3.63, 3.8) is 0 Å². The van der Waals surface area contributed by atoms with Gasteiger partial charge in [-0.05, 0) is 12.1 Å². The van der Waals surface area contributed by atoms with Crippen molar-refractivity contribution >= 4 is 27.6 Å². The van der Waals surface area contributed by atoms with Crippen molar-refractivity contribution in [3.8, 4) is 0 Å². The van der Waals surface area contributed by atoms with Crippen LogP contribution < -0.4 is 0 Å². The van der Waals surface area contributed by atoms with Crippen LogP contribution in [-0.2, 0) is 29.1 Å². The second-order valence-corrected chi connectivity index (χ2v) is 6.11. The first-order valence-corrected chi connectivity index (χ1v) is 7.40. The van der Waals surface area contributed by atoms with Crippen molar-refractivity contribution in [1.82, 2.24) is 5.06 Å². The van der Waals surface area contributed by atoms with Gasteiger partial charge in [0.25, 0.3) is 11.8 Å².